The molecule has 2 aromatic rings. The molecule has 5 nitrogen and oxygen atoms in total. The number of ether oxygens (including phenoxy) is 2. The van der Waals surface area contributed by atoms with Crippen molar-refractivity contribution in [3.05, 3.63) is 47.7 Å². The Labute approximate surface area is 124 Å². The number of rotatable bonds is 7. The van der Waals surface area contributed by atoms with Crippen LogP contribution >= 0.6 is 0 Å². The van der Waals surface area contributed by atoms with Gasteiger partial charge in [-0.3, -0.25) is 0 Å². The third kappa shape index (κ3) is 4.36. The molecule has 112 valence electrons. The molecule has 0 amide bonds. The largest absolute Gasteiger partial charge is 0.507 e. The molecule has 0 saturated heterocycles. The lowest BCUT2D eigenvalue weighted by Gasteiger charge is -2.10. The number of hydrogen-bond acceptors (Lipinski definition) is 5. The van der Waals surface area contributed by atoms with Gasteiger partial charge < -0.3 is 19.9 Å². The summed E-state index contributed by atoms with van der Waals surface area (Å²) >= 11 is 0. The molecule has 1 aromatic heterocycles. The first kappa shape index (κ1) is 15.1. The number of phenolic OH excluding ortho intramolecular Hbond substituents is 1. The summed E-state index contributed by atoms with van der Waals surface area (Å²) in [6.45, 7) is 3.44. The van der Waals surface area contributed by atoms with Crippen LogP contribution in [0.15, 0.2) is 36.5 Å². The molecular formula is C16H20N2O3. The molecule has 0 bridgehead atoms. The van der Waals surface area contributed by atoms with E-state index in [0.29, 0.717) is 31.4 Å². The molecule has 2 N–H and O–H groups in total. The van der Waals surface area contributed by atoms with E-state index >= 15 is 0 Å². The van der Waals surface area contributed by atoms with Gasteiger partial charge in [0, 0.05) is 25.3 Å². The van der Waals surface area contributed by atoms with Crippen molar-refractivity contribution in [1.29, 1.82) is 0 Å². The smallest absolute Gasteiger partial charge is 0.213 e. The fourth-order valence-electron chi connectivity index (χ4n) is 1.86. The molecule has 5 heteroatoms. The summed E-state index contributed by atoms with van der Waals surface area (Å²) < 4.78 is 10.3. The lowest BCUT2D eigenvalue weighted by Crippen LogP contribution is -2.05. The van der Waals surface area contributed by atoms with Gasteiger partial charge >= 0.3 is 0 Å². The van der Waals surface area contributed by atoms with Gasteiger partial charge in [-0.2, -0.15) is 0 Å². The Bertz CT molecular complexity index is 570. The molecule has 1 aromatic carbocycles. The number of aromatic nitrogens is 1. The van der Waals surface area contributed by atoms with Crippen LogP contribution in [0.3, 0.4) is 0 Å². The van der Waals surface area contributed by atoms with Gasteiger partial charge in [0.25, 0.3) is 0 Å². The molecule has 0 aliphatic rings. The van der Waals surface area contributed by atoms with Crippen LogP contribution in [0.2, 0.25) is 0 Å². The summed E-state index contributed by atoms with van der Waals surface area (Å²) in [5, 5.41) is 13.2. The third-order valence-electron chi connectivity index (χ3n) is 3.08. The fraction of sp³-hybridized carbons (Fsp3) is 0.312. The highest BCUT2D eigenvalue weighted by Gasteiger charge is 2.03. The molecule has 21 heavy (non-hydrogen) atoms. The van der Waals surface area contributed by atoms with Gasteiger partial charge in [0.15, 0.2) is 0 Å². The maximum atomic E-state index is 9.95. The highest BCUT2D eigenvalue weighted by atomic mass is 16.5. The molecule has 0 radical (unpaired) electrons. The van der Waals surface area contributed by atoms with Gasteiger partial charge in [0.1, 0.15) is 12.4 Å². The summed E-state index contributed by atoms with van der Waals surface area (Å²) in [5.41, 5.74) is 2.60. The predicted molar refractivity (Wildman–Crippen MR) is 81.8 cm³/mol. The lowest BCUT2D eigenvalue weighted by atomic mass is 10.1. The van der Waals surface area contributed by atoms with Crippen LogP contribution in [0.25, 0.3) is 0 Å². The second-order valence-electron chi connectivity index (χ2n) is 4.66. The maximum Gasteiger partial charge on any atom is 0.213 e. The van der Waals surface area contributed by atoms with Crippen molar-refractivity contribution < 1.29 is 14.6 Å². The zero-order valence-electron chi connectivity index (χ0n) is 12.3. The standard InChI is InChI=1S/C16H20N2O3/c1-12-4-3-5-13(16(12)19)10-17-14-6-7-15(18-11-14)21-9-8-20-2/h3-7,11,17,19H,8-10H2,1-2H3. The number of nitrogens with one attached hydrogen (secondary N) is 1. The zero-order valence-corrected chi connectivity index (χ0v) is 12.3. The van der Waals surface area contributed by atoms with E-state index in [0.717, 1.165) is 16.8 Å². The summed E-state index contributed by atoms with van der Waals surface area (Å²) in [6, 6.07) is 9.39. The second kappa shape index (κ2) is 7.50. The van der Waals surface area contributed by atoms with Crippen LogP contribution < -0.4 is 10.1 Å². The number of pyridine rings is 1. The van der Waals surface area contributed by atoms with Crippen molar-refractivity contribution >= 4 is 5.69 Å². The highest BCUT2D eigenvalue weighted by molar-refractivity contribution is 5.46. The van der Waals surface area contributed by atoms with Gasteiger partial charge in [-0.1, -0.05) is 18.2 Å². The van der Waals surface area contributed by atoms with Crippen LogP contribution in [-0.2, 0) is 11.3 Å². The number of nitrogens with zero attached hydrogens (tertiary/aromatic N) is 1. The topological polar surface area (TPSA) is 63.6 Å². The number of aromatic hydroxyl groups is 1. The fourth-order valence-corrected chi connectivity index (χ4v) is 1.86. The van der Waals surface area contributed by atoms with E-state index < -0.39 is 0 Å². The molecule has 0 atom stereocenters. The first-order valence-electron chi connectivity index (χ1n) is 6.80. The molecule has 0 aliphatic heterocycles. The van der Waals surface area contributed by atoms with Crippen molar-refractivity contribution in [2.75, 3.05) is 25.6 Å². The van der Waals surface area contributed by atoms with Gasteiger partial charge in [0.2, 0.25) is 5.88 Å². The molecular weight excluding hydrogens is 268 g/mol. The molecule has 0 fully saturated rings. The second-order valence-corrected chi connectivity index (χ2v) is 4.66. The number of methoxy groups -OCH3 is 1. The van der Waals surface area contributed by atoms with Crippen molar-refractivity contribution in [2.45, 2.75) is 13.5 Å². The van der Waals surface area contributed by atoms with E-state index in [-0.39, 0.29) is 0 Å². The predicted octanol–water partition coefficient (Wildman–Crippen LogP) is 2.73. The highest BCUT2D eigenvalue weighted by Crippen LogP contribution is 2.22. The Hall–Kier alpha value is -2.27. The summed E-state index contributed by atoms with van der Waals surface area (Å²) in [4.78, 5) is 4.20. The minimum atomic E-state index is 0.331. The number of hydrogen-bond donors (Lipinski definition) is 2. The molecule has 0 saturated carbocycles. The Morgan fingerprint density at radius 1 is 1.19 bits per heavy atom. The van der Waals surface area contributed by atoms with E-state index in [4.69, 9.17) is 9.47 Å². The minimum Gasteiger partial charge on any atom is -0.507 e. The molecule has 0 spiro atoms. The molecule has 0 unspecified atom stereocenters. The van der Waals surface area contributed by atoms with Crippen molar-refractivity contribution in [1.82, 2.24) is 4.98 Å². The lowest BCUT2D eigenvalue weighted by molar-refractivity contribution is 0.144. The number of benzene rings is 1. The minimum absolute atomic E-state index is 0.331. The van der Waals surface area contributed by atoms with E-state index in [1.807, 2.05) is 31.2 Å². The van der Waals surface area contributed by atoms with E-state index in [2.05, 4.69) is 10.3 Å². The van der Waals surface area contributed by atoms with E-state index in [9.17, 15) is 5.11 Å². The molecule has 1 heterocycles. The van der Waals surface area contributed by atoms with Crippen molar-refractivity contribution in [2.24, 2.45) is 0 Å². The Kier molecular flexibility index (Phi) is 5.40. The Morgan fingerprint density at radius 2 is 2.05 bits per heavy atom. The SMILES string of the molecule is COCCOc1ccc(NCc2cccc(C)c2O)cn1. The monoisotopic (exact) mass is 288 g/mol. The normalized spacial score (nSPS) is 10.4. The van der Waals surface area contributed by atoms with Gasteiger partial charge in [-0.15, -0.1) is 0 Å². The van der Waals surface area contributed by atoms with E-state index in [1.165, 1.54) is 0 Å². The first-order chi connectivity index (χ1) is 10.2. The van der Waals surface area contributed by atoms with Crippen LogP contribution in [0, 0.1) is 6.92 Å². The zero-order chi connectivity index (χ0) is 15.1. The van der Waals surface area contributed by atoms with E-state index in [1.54, 1.807) is 19.4 Å². The van der Waals surface area contributed by atoms with Gasteiger partial charge in [0.05, 0.1) is 18.5 Å². The van der Waals surface area contributed by atoms with Crippen LogP contribution in [0.1, 0.15) is 11.1 Å². The molecule has 2 rings (SSSR count). The first-order valence-corrected chi connectivity index (χ1v) is 6.80. The molecule has 0 aliphatic carbocycles. The van der Waals surface area contributed by atoms with Crippen LogP contribution in [-0.4, -0.2) is 30.4 Å². The number of anilines is 1. The average molecular weight is 288 g/mol. The van der Waals surface area contributed by atoms with Gasteiger partial charge in [-0.05, 0) is 18.6 Å². The summed E-state index contributed by atoms with van der Waals surface area (Å²) in [5.74, 6) is 0.897. The number of phenols is 1. The quantitative estimate of drug-likeness (QED) is 0.767. The summed E-state index contributed by atoms with van der Waals surface area (Å²) in [6.07, 6.45) is 1.70. The van der Waals surface area contributed by atoms with Gasteiger partial charge in [-0.25, -0.2) is 4.98 Å². The van der Waals surface area contributed by atoms with Crippen LogP contribution in [0.5, 0.6) is 11.6 Å². The third-order valence-corrected chi connectivity index (χ3v) is 3.08. The number of aryl methyl sites for hydroxylation is 1. The van der Waals surface area contributed by atoms with Crippen LogP contribution in [0.4, 0.5) is 5.69 Å². The van der Waals surface area contributed by atoms with Crippen molar-refractivity contribution in [3.8, 4) is 11.6 Å². The summed E-state index contributed by atoms with van der Waals surface area (Å²) in [7, 11) is 1.63. The Balaban J connectivity index is 1.90. The Morgan fingerprint density at radius 3 is 2.76 bits per heavy atom. The number of para-hydroxylation sites is 1. The van der Waals surface area contributed by atoms with Crippen molar-refractivity contribution in [3.63, 3.8) is 0 Å². The maximum absolute atomic E-state index is 9.95. The average Bonchev–Trinajstić information content (AvgIpc) is 2.50.